The van der Waals surface area contributed by atoms with E-state index in [1.165, 1.54) is 23.8 Å². The first kappa shape index (κ1) is 40.5. The fourth-order valence-electron chi connectivity index (χ4n) is 7.73. The first-order valence-corrected chi connectivity index (χ1v) is 21.0. The normalized spacial score (nSPS) is 11.0. The van der Waals surface area contributed by atoms with Crippen molar-refractivity contribution in [2.24, 2.45) is 0 Å². The molecule has 0 fully saturated rings. The van der Waals surface area contributed by atoms with Crippen LogP contribution in [-0.2, 0) is 22.4 Å². The molecule has 0 amide bonds. The Kier molecular flexibility index (Phi) is 12.4. The highest BCUT2D eigenvalue weighted by molar-refractivity contribution is 5.80. The average Bonchev–Trinajstić information content (AvgIpc) is 3.30. The van der Waals surface area contributed by atoms with Crippen LogP contribution in [0.15, 0.2) is 182 Å². The number of rotatable bonds is 14. The molecule has 8 aromatic rings. The molecule has 6 nitrogen and oxygen atoms in total. The van der Waals surface area contributed by atoms with E-state index in [-0.39, 0.29) is 5.97 Å². The van der Waals surface area contributed by atoms with Gasteiger partial charge in [0.2, 0.25) is 0 Å². The second-order valence-electron chi connectivity index (χ2n) is 15.5. The molecular weight excluding hydrogens is 749 g/mol. The zero-order chi connectivity index (χ0) is 42.1. The number of benzene rings is 6. The summed E-state index contributed by atoms with van der Waals surface area (Å²) < 4.78 is 4.83. The molecule has 0 N–H and O–H groups in total. The minimum absolute atomic E-state index is 0.203. The number of hydrogen-bond donors (Lipinski definition) is 0. The van der Waals surface area contributed by atoms with E-state index in [2.05, 4.69) is 188 Å². The molecule has 8 rings (SSSR count). The number of aryl methyl sites for hydroxylation is 4. The molecule has 0 saturated heterocycles. The van der Waals surface area contributed by atoms with Crippen LogP contribution in [0.1, 0.15) is 42.0 Å². The maximum atomic E-state index is 11.7. The molecule has 0 unspecified atom stereocenters. The van der Waals surface area contributed by atoms with Crippen molar-refractivity contribution >= 4 is 40.1 Å². The summed E-state index contributed by atoms with van der Waals surface area (Å²) in [5.74, 6) is -0.203. The minimum Gasteiger partial charge on any atom is -0.469 e. The van der Waals surface area contributed by atoms with Gasteiger partial charge in [-0.2, -0.15) is 0 Å². The molecule has 0 radical (unpaired) electrons. The number of carbonyl (C=O) groups is 1. The zero-order valence-electron chi connectivity index (χ0n) is 35.3. The number of methoxy groups -OCH3 is 1. The zero-order valence-corrected chi connectivity index (χ0v) is 35.3. The van der Waals surface area contributed by atoms with Gasteiger partial charge in [-0.15, -0.1) is 0 Å². The number of ether oxygens (including phenoxy) is 1. The number of pyridine rings is 2. The van der Waals surface area contributed by atoms with E-state index in [4.69, 9.17) is 14.7 Å². The predicted molar refractivity (Wildman–Crippen MR) is 252 cm³/mol. The number of hydrogen-bond acceptors (Lipinski definition) is 6. The summed E-state index contributed by atoms with van der Waals surface area (Å²) >= 11 is 0. The maximum Gasteiger partial charge on any atom is 0.305 e. The predicted octanol–water partition coefficient (Wildman–Crippen LogP) is 14.1. The molecule has 0 aliphatic heterocycles. The fraction of sp³-hybridized carbons (Fsp3) is 0.145. The summed E-state index contributed by atoms with van der Waals surface area (Å²) in [6, 6.07) is 60.1. The lowest BCUT2D eigenvalue weighted by molar-refractivity contribution is -0.140. The number of nitrogens with zero attached hydrogens (tertiary/aromatic N) is 4. The lowest BCUT2D eigenvalue weighted by atomic mass is 10.0. The molecule has 6 heteroatoms. The molecule has 61 heavy (non-hydrogen) atoms. The van der Waals surface area contributed by atoms with Crippen LogP contribution in [0.5, 0.6) is 0 Å². The van der Waals surface area contributed by atoms with E-state index in [0.29, 0.717) is 12.8 Å². The van der Waals surface area contributed by atoms with Gasteiger partial charge in [-0.05, 0) is 145 Å². The molecule has 2 heterocycles. The van der Waals surface area contributed by atoms with Gasteiger partial charge in [-0.1, -0.05) is 98.3 Å². The Bertz CT molecular complexity index is 2690. The van der Waals surface area contributed by atoms with Gasteiger partial charge in [0.25, 0.3) is 0 Å². The monoisotopic (exact) mass is 798 g/mol. The smallest absolute Gasteiger partial charge is 0.305 e. The van der Waals surface area contributed by atoms with E-state index in [9.17, 15) is 4.79 Å². The lowest BCUT2D eigenvalue weighted by Gasteiger charge is -2.26. The summed E-state index contributed by atoms with van der Waals surface area (Å²) in [5, 5.41) is 0. The molecular formula is C55H50N4O2. The molecule has 0 aliphatic rings. The van der Waals surface area contributed by atoms with Crippen molar-refractivity contribution in [1.29, 1.82) is 0 Å². The van der Waals surface area contributed by atoms with Gasteiger partial charge in [0.05, 0.1) is 18.5 Å². The van der Waals surface area contributed by atoms with Gasteiger partial charge >= 0.3 is 5.97 Å². The van der Waals surface area contributed by atoms with Crippen LogP contribution in [0.2, 0.25) is 0 Å². The molecule has 302 valence electrons. The highest BCUT2D eigenvalue weighted by Gasteiger charge is 2.16. The van der Waals surface area contributed by atoms with Crippen LogP contribution in [0.3, 0.4) is 0 Å². The first-order valence-electron chi connectivity index (χ1n) is 21.0. The average molecular weight is 799 g/mol. The van der Waals surface area contributed by atoms with E-state index >= 15 is 0 Å². The van der Waals surface area contributed by atoms with Crippen LogP contribution < -0.4 is 9.80 Å². The Labute approximate surface area is 359 Å². The molecule has 0 atom stereocenters. The number of anilines is 6. The highest BCUT2D eigenvalue weighted by atomic mass is 16.5. The second kappa shape index (κ2) is 18.7. The Balaban J connectivity index is 0.973. The van der Waals surface area contributed by atoms with Crippen LogP contribution >= 0.6 is 0 Å². The topological polar surface area (TPSA) is 58.6 Å². The summed E-state index contributed by atoms with van der Waals surface area (Å²) in [7, 11) is 1.43. The molecule has 6 aromatic carbocycles. The Morgan fingerprint density at radius 1 is 0.475 bits per heavy atom. The molecule has 0 saturated carbocycles. The quantitative estimate of drug-likeness (QED) is 0.102. The Morgan fingerprint density at radius 3 is 1.23 bits per heavy atom. The van der Waals surface area contributed by atoms with Gasteiger partial charge in [0.15, 0.2) is 0 Å². The van der Waals surface area contributed by atoms with E-state index in [1.807, 2.05) is 24.5 Å². The largest absolute Gasteiger partial charge is 0.469 e. The van der Waals surface area contributed by atoms with Crippen LogP contribution in [0.25, 0.3) is 33.6 Å². The summed E-state index contributed by atoms with van der Waals surface area (Å²) in [6.07, 6.45) is 7.06. The van der Waals surface area contributed by atoms with Crippen molar-refractivity contribution in [3.63, 3.8) is 0 Å². The molecule has 0 bridgehead atoms. The second-order valence-corrected chi connectivity index (χ2v) is 15.5. The summed E-state index contributed by atoms with van der Waals surface area (Å²) in [6.45, 7) is 6.46. The Hall–Kier alpha value is -7.31. The first-order chi connectivity index (χ1) is 29.8. The van der Waals surface area contributed by atoms with Crippen molar-refractivity contribution in [3.05, 3.63) is 205 Å². The van der Waals surface area contributed by atoms with Crippen LogP contribution in [-0.4, -0.2) is 23.0 Å². The lowest BCUT2D eigenvalue weighted by Crippen LogP contribution is -2.10. The standard InChI is InChI=1S/C55H50N4O2/c1-5-8-41-13-24-47(25-14-41)58(51-11-6-9-39(2)35-51)49-28-18-43(19-29-49)45-22-32-53(56-37-45)54-33-23-46(38-57-54)44-20-30-50(31-21-44)59(52-12-7-10-40(3)36-52)48-26-15-42(16-27-48)17-34-55(60)61-4/h6-7,9-16,18-33,35-38H,5,8,17,34H2,1-4H3. The van der Waals surface area contributed by atoms with E-state index < -0.39 is 0 Å². The van der Waals surface area contributed by atoms with Gasteiger partial charge in [-0.25, -0.2) is 0 Å². The van der Waals surface area contributed by atoms with Gasteiger partial charge < -0.3 is 14.5 Å². The molecule has 0 aliphatic carbocycles. The highest BCUT2D eigenvalue weighted by Crippen LogP contribution is 2.38. The molecule has 0 spiro atoms. The van der Waals surface area contributed by atoms with Crippen LogP contribution in [0.4, 0.5) is 34.1 Å². The van der Waals surface area contributed by atoms with Gasteiger partial charge in [-0.3, -0.25) is 14.8 Å². The van der Waals surface area contributed by atoms with Crippen molar-refractivity contribution in [2.45, 2.75) is 46.5 Å². The third-order valence-corrected chi connectivity index (χ3v) is 11.0. The SMILES string of the molecule is CCCc1ccc(N(c2ccc(-c3ccc(-c4ccc(-c5ccc(N(c6ccc(CCC(=O)OC)cc6)c6cccc(C)c6)cc5)cn4)nc3)cc2)c2cccc(C)c2)cc1. The van der Waals surface area contributed by atoms with Gasteiger partial charge in [0.1, 0.15) is 0 Å². The molecule has 2 aromatic heterocycles. The van der Waals surface area contributed by atoms with Crippen molar-refractivity contribution in [2.75, 3.05) is 16.9 Å². The summed E-state index contributed by atoms with van der Waals surface area (Å²) in [5.41, 5.74) is 17.3. The number of aromatic nitrogens is 2. The van der Waals surface area contributed by atoms with Gasteiger partial charge in [0, 0.05) is 64.1 Å². The summed E-state index contributed by atoms with van der Waals surface area (Å²) in [4.78, 5) is 25.9. The van der Waals surface area contributed by atoms with Crippen molar-refractivity contribution < 1.29 is 9.53 Å². The third kappa shape index (κ3) is 9.61. The number of carbonyl (C=O) groups excluding carboxylic acids is 1. The Morgan fingerprint density at radius 2 is 0.869 bits per heavy atom. The minimum atomic E-state index is -0.203. The third-order valence-electron chi connectivity index (χ3n) is 11.0. The fourth-order valence-corrected chi connectivity index (χ4v) is 7.73. The van der Waals surface area contributed by atoms with Crippen LogP contribution in [0, 0.1) is 13.8 Å². The van der Waals surface area contributed by atoms with Crippen molar-refractivity contribution in [3.8, 4) is 33.6 Å². The van der Waals surface area contributed by atoms with E-state index in [1.54, 1.807) is 0 Å². The number of esters is 1. The van der Waals surface area contributed by atoms with E-state index in [0.717, 1.165) is 86.2 Å². The van der Waals surface area contributed by atoms with Crippen molar-refractivity contribution in [1.82, 2.24) is 9.97 Å². The maximum absolute atomic E-state index is 11.7.